The van der Waals surface area contributed by atoms with Crippen LogP contribution < -0.4 is 11.5 Å². The van der Waals surface area contributed by atoms with E-state index < -0.39 is 9.84 Å². The van der Waals surface area contributed by atoms with Crippen molar-refractivity contribution >= 4 is 9.84 Å². The van der Waals surface area contributed by atoms with Gasteiger partial charge in [-0.2, -0.15) is 0 Å². The lowest BCUT2D eigenvalue weighted by Gasteiger charge is -2.12. The van der Waals surface area contributed by atoms with E-state index in [9.17, 15) is 8.42 Å². The summed E-state index contributed by atoms with van der Waals surface area (Å²) in [6, 6.07) is 7.02. The van der Waals surface area contributed by atoms with E-state index in [4.69, 9.17) is 11.5 Å². The van der Waals surface area contributed by atoms with Gasteiger partial charge in [0.25, 0.3) is 0 Å². The van der Waals surface area contributed by atoms with Gasteiger partial charge in [-0.15, -0.1) is 0 Å². The van der Waals surface area contributed by atoms with Crippen LogP contribution in [0.25, 0.3) is 0 Å². The Labute approximate surface area is 103 Å². The van der Waals surface area contributed by atoms with Crippen LogP contribution in [0.5, 0.6) is 0 Å². The Morgan fingerprint density at radius 2 is 1.88 bits per heavy atom. The van der Waals surface area contributed by atoms with E-state index in [1.165, 1.54) is 0 Å². The number of sulfone groups is 1. The van der Waals surface area contributed by atoms with Crippen LogP contribution in [-0.4, -0.2) is 27.3 Å². The summed E-state index contributed by atoms with van der Waals surface area (Å²) < 4.78 is 23.5. The standard InChI is InChI=1S/C12H20N2O2S/c1-2-17(15,16)12-5-3-4-10(7-12)6-11(8-13)9-14/h3-5,7,11H,2,6,8-9,13-14H2,1H3. The van der Waals surface area contributed by atoms with Gasteiger partial charge in [-0.3, -0.25) is 0 Å². The second kappa shape index (κ2) is 6.14. The first-order chi connectivity index (χ1) is 8.03. The molecule has 4 nitrogen and oxygen atoms in total. The largest absolute Gasteiger partial charge is 0.330 e. The zero-order chi connectivity index (χ0) is 12.9. The molecule has 0 aliphatic rings. The molecule has 0 amide bonds. The molecule has 0 atom stereocenters. The normalized spacial score (nSPS) is 12.0. The van der Waals surface area contributed by atoms with Crippen LogP contribution in [0.15, 0.2) is 29.2 Å². The third-order valence-electron chi connectivity index (χ3n) is 2.83. The van der Waals surface area contributed by atoms with E-state index in [1.807, 2.05) is 6.07 Å². The molecular weight excluding hydrogens is 236 g/mol. The third-order valence-corrected chi connectivity index (χ3v) is 4.56. The zero-order valence-corrected chi connectivity index (χ0v) is 10.9. The molecule has 0 aliphatic heterocycles. The van der Waals surface area contributed by atoms with Crippen LogP contribution in [0, 0.1) is 5.92 Å². The summed E-state index contributed by atoms with van der Waals surface area (Å²) in [6.07, 6.45) is 0.722. The van der Waals surface area contributed by atoms with Crippen LogP contribution in [0.2, 0.25) is 0 Å². The average molecular weight is 256 g/mol. The first-order valence-electron chi connectivity index (χ1n) is 5.75. The van der Waals surface area contributed by atoms with Gasteiger partial charge in [0, 0.05) is 0 Å². The minimum Gasteiger partial charge on any atom is -0.330 e. The minimum absolute atomic E-state index is 0.119. The Bertz CT molecular complexity index is 453. The van der Waals surface area contributed by atoms with Crippen molar-refractivity contribution in [2.24, 2.45) is 17.4 Å². The van der Waals surface area contributed by atoms with Gasteiger partial charge in [0.2, 0.25) is 0 Å². The molecule has 4 N–H and O–H groups in total. The highest BCUT2D eigenvalue weighted by atomic mass is 32.2. The van der Waals surface area contributed by atoms with Crippen molar-refractivity contribution in [3.8, 4) is 0 Å². The summed E-state index contributed by atoms with van der Waals surface area (Å²) in [5, 5.41) is 0. The van der Waals surface area contributed by atoms with Gasteiger partial charge in [0.1, 0.15) is 0 Å². The predicted molar refractivity (Wildman–Crippen MR) is 69.5 cm³/mol. The van der Waals surface area contributed by atoms with E-state index in [1.54, 1.807) is 25.1 Å². The fraction of sp³-hybridized carbons (Fsp3) is 0.500. The van der Waals surface area contributed by atoms with Crippen molar-refractivity contribution in [1.29, 1.82) is 0 Å². The van der Waals surface area contributed by atoms with E-state index in [-0.39, 0.29) is 11.7 Å². The average Bonchev–Trinajstić information content (AvgIpc) is 2.36. The third kappa shape index (κ3) is 3.80. The Morgan fingerprint density at radius 1 is 1.24 bits per heavy atom. The van der Waals surface area contributed by atoms with Gasteiger partial charge in [-0.05, 0) is 43.1 Å². The molecule has 0 saturated heterocycles. The van der Waals surface area contributed by atoms with Crippen molar-refractivity contribution in [3.05, 3.63) is 29.8 Å². The molecule has 1 aromatic carbocycles. The molecule has 0 unspecified atom stereocenters. The van der Waals surface area contributed by atoms with Crippen molar-refractivity contribution in [3.63, 3.8) is 0 Å². The van der Waals surface area contributed by atoms with E-state index in [0.717, 1.165) is 12.0 Å². The van der Waals surface area contributed by atoms with Crippen molar-refractivity contribution in [2.45, 2.75) is 18.2 Å². The van der Waals surface area contributed by atoms with Crippen molar-refractivity contribution < 1.29 is 8.42 Å². The van der Waals surface area contributed by atoms with Crippen molar-refractivity contribution in [1.82, 2.24) is 0 Å². The summed E-state index contributed by atoms with van der Waals surface area (Å²) in [4.78, 5) is 0.380. The van der Waals surface area contributed by atoms with Gasteiger partial charge in [-0.25, -0.2) is 8.42 Å². The van der Waals surface area contributed by atoms with Crippen molar-refractivity contribution in [2.75, 3.05) is 18.8 Å². The molecule has 0 radical (unpaired) electrons. The Hall–Kier alpha value is -0.910. The van der Waals surface area contributed by atoms with Crippen LogP contribution in [0.1, 0.15) is 12.5 Å². The SMILES string of the molecule is CCS(=O)(=O)c1cccc(CC(CN)CN)c1. The molecule has 1 rings (SSSR count). The minimum atomic E-state index is -3.13. The van der Waals surface area contributed by atoms with Crippen LogP contribution in [0.4, 0.5) is 0 Å². The van der Waals surface area contributed by atoms with Crippen LogP contribution in [0.3, 0.4) is 0 Å². The van der Waals surface area contributed by atoms with Gasteiger partial charge in [0.05, 0.1) is 10.6 Å². The molecule has 0 saturated carbocycles. The topological polar surface area (TPSA) is 86.2 Å². The number of hydrogen-bond acceptors (Lipinski definition) is 4. The molecule has 0 fully saturated rings. The summed E-state index contributed by atoms with van der Waals surface area (Å²) in [5.74, 6) is 0.322. The van der Waals surface area contributed by atoms with Gasteiger partial charge >= 0.3 is 0 Å². The molecule has 5 heteroatoms. The molecule has 0 bridgehead atoms. The fourth-order valence-electron chi connectivity index (χ4n) is 1.63. The van der Waals surface area contributed by atoms with Crippen LogP contribution in [-0.2, 0) is 16.3 Å². The maximum Gasteiger partial charge on any atom is 0.178 e. The second-order valence-corrected chi connectivity index (χ2v) is 6.37. The van der Waals surface area contributed by atoms with Gasteiger partial charge in [0.15, 0.2) is 9.84 Å². The highest BCUT2D eigenvalue weighted by molar-refractivity contribution is 7.91. The van der Waals surface area contributed by atoms with Gasteiger partial charge in [-0.1, -0.05) is 19.1 Å². The lowest BCUT2D eigenvalue weighted by Crippen LogP contribution is -2.25. The molecular formula is C12H20N2O2S. The number of hydrogen-bond donors (Lipinski definition) is 2. The molecule has 0 heterocycles. The monoisotopic (exact) mass is 256 g/mol. The molecule has 96 valence electrons. The maximum absolute atomic E-state index is 11.7. The molecule has 17 heavy (non-hydrogen) atoms. The summed E-state index contributed by atoms with van der Waals surface area (Å²) >= 11 is 0. The molecule has 0 aliphatic carbocycles. The Morgan fingerprint density at radius 3 is 2.41 bits per heavy atom. The highest BCUT2D eigenvalue weighted by Gasteiger charge is 2.13. The fourth-order valence-corrected chi connectivity index (χ4v) is 2.58. The first-order valence-corrected chi connectivity index (χ1v) is 7.40. The maximum atomic E-state index is 11.7. The lowest BCUT2D eigenvalue weighted by molar-refractivity contribution is 0.547. The molecule has 0 aromatic heterocycles. The number of rotatable bonds is 6. The summed E-state index contributed by atoms with van der Waals surface area (Å²) in [7, 11) is -3.13. The smallest absolute Gasteiger partial charge is 0.178 e. The number of benzene rings is 1. The van der Waals surface area contributed by atoms with E-state index >= 15 is 0 Å². The predicted octanol–water partition coefficient (Wildman–Crippen LogP) is 0.556. The second-order valence-electron chi connectivity index (χ2n) is 4.09. The Kier molecular flexibility index (Phi) is 5.11. The Balaban J connectivity index is 2.94. The molecule has 1 aromatic rings. The first kappa shape index (κ1) is 14.2. The summed E-state index contributed by atoms with van der Waals surface area (Å²) in [6.45, 7) is 2.67. The van der Waals surface area contributed by atoms with E-state index in [2.05, 4.69) is 0 Å². The van der Waals surface area contributed by atoms with E-state index in [0.29, 0.717) is 18.0 Å². The quantitative estimate of drug-likeness (QED) is 0.778. The van der Waals surface area contributed by atoms with Crippen LogP contribution >= 0.6 is 0 Å². The highest BCUT2D eigenvalue weighted by Crippen LogP contribution is 2.15. The summed E-state index contributed by atoms with van der Waals surface area (Å²) in [5.41, 5.74) is 12.1. The zero-order valence-electron chi connectivity index (χ0n) is 10.1. The lowest BCUT2D eigenvalue weighted by atomic mass is 10.00. The molecule has 0 spiro atoms. The number of nitrogens with two attached hydrogens (primary N) is 2. The van der Waals surface area contributed by atoms with Gasteiger partial charge < -0.3 is 11.5 Å².